The highest BCUT2D eigenvalue weighted by Crippen LogP contribution is 2.33. The fourth-order valence-corrected chi connectivity index (χ4v) is 3.63. The van der Waals surface area contributed by atoms with E-state index in [4.69, 9.17) is 5.73 Å². The fraction of sp³-hybridized carbons (Fsp3) is 0.500. The summed E-state index contributed by atoms with van der Waals surface area (Å²) < 4.78 is 0. The van der Waals surface area contributed by atoms with Crippen LogP contribution in [0.25, 0.3) is 0 Å². The van der Waals surface area contributed by atoms with Gasteiger partial charge in [-0.05, 0) is 43.8 Å². The maximum Gasteiger partial charge on any atom is 0.218 e. The molecule has 3 rings (SSSR count). The highest BCUT2D eigenvalue weighted by Gasteiger charge is 2.30. The zero-order valence-electron chi connectivity index (χ0n) is 13.9. The predicted octanol–water partition coefficient (Wildman–Crippen LogP) is 1.72. The minimum absolute atomic E-state index is 0.0810. The second-order valence-electron chi connectivity index (χ2n) is 6.59. The number of carbonyl (C=O) groups is 1. The minimum atomic E-state index is -0.269. The Morgan fingerprint density at radius 1 is 1.29 bits per heavy atom. The lowest BCUT2D eigenvalue weighted by Crippen LogP contribution is -2.37. The van der Waals surface area contributed by atoms with Gasteiger partial charge < -0.3 is 10.6 Å². The Bertz CT molecular complexity index is 620. The van der Waals surface area contributed by atoms with Crippen LogP contribution in [0.1, 0.15) is 36.4 Å². The molecule has 1 saturated heterocycles. The molecule has 1 unspecified atom stereocenters. The number of amides is 1. The van der Waals surface area contributed by atoms with Gasteiger partial charge in [0, 0.05) is 25.1 Å². The molecule has 1 aromatic carbocycles. The Kier molecular flexibility index (Phi) is 5.59. The van der Waals surface area contributed by atoms with Gasteiger partial charge in [0.2, 0.25) is 5.91 Å². The molecular weight excluding hydrogens is 302 g/mol. The lowest BCUT2D eigenvalue weighted by Gasteiger charge is -2.35. The summed E-state index contributed by atoms with van der Waals surface area (Å²) in [6, 6.07) is 10.6. The second-order valence-corrected chi connectivity index (χ2v) is 6.59. The maximum absolute atomic E-state index is 11.4. The van der Waals surface area contributed by atoms with Crippen LogP contribution in [0, 0.1) is 5.92 Å². The first-order chi connectivity index (χ1) is 11.7. The molecule has 0 radical (unpaired) electrons. The fourth-order valence-electron chi connectivity index (χ4n) is 3.63. The molecule has 6 nitrogen and oxygen atoms in total. The SMILES string of the molecule is NC(=O)CC(c1c[nH]nn1)C1CCN(CCc2ccccc2)CC1. The van der Waals surface area contributed by atoms with Gasteiger partial charge in [-0.2, -0.15) is 0 Å². The number of nitrogens with zero attached hydrogens (tertiary/aromatic N) is 3. The third-order valence-corrected chi connectivity index (χ3v) is 5.00. The van der Waals surface area contributed by atoms with E-state index in [0.29, 0.717) is 12.3 Å². The van der Waals surface area contributed by atoms with Gasteiger partial charge >= 0.3 is 0 Å². The summed E-state index contributed by atoms with van der Waals surface area (Å²) in [6.07, 6.45) is 5.36. The molecule has 0 saturated carbocycles. The van der Waals surface area contributed by atoms with E-state index in [1.54, 1.807) is 6.20 Å². The van der Waals surface area contributed by atoms with Gasteiger partial charge in [0.25, 0.3) is 0 Å². The Labute approximate surface area is 142 Å². The number of nitrogens with one attached hydrogen (secondary N) is 1. The molecule has 24 heavy (non-hydrogen) atoms. The number of hydrogen-bond acceptors (Lipinski definition) is 4. The van der Waals surface area contributed by atoms with Crippen molar-refractivity contribution in [2.75, 3.05) is 19.6 Å². The molecule has 3 N–H and O–H groups in total. The number of rotatable bonds is 7. The van der Waals surface area contributed by atoms with E-state index in [9.17, 15) is 4.79 Å². The summed E-state index contributed by atoms with van der Waals surface area (Å²) in [6.45, 7) is 3.20. The van der Waals surface area contributed by atoms with Gasteiger partial charge in [0.05, 0.1) is 5.69 Å². The Balaban J connectivity index is 1.52. The standard InChI is InChI=1S/C18H25N5O/c19-18(24)12-16(17-13-20-22-21-17)15-7-10-23(11-8-15)9-6-14-4-2-1-3-5-14/h1-5,13,15-16H,6-12H2,(H2,19,24)(H,20,21,22). The number of benzene rings is 1. The molecule has 1 atom stereocenters. The van der Waals surface area contributed by atoms with Gasteiger partial charge in [-0.15, -0.1) is 5.10 Å². The molecule has 2 aromatic rings. The largest absolute Gasteiger partial charge is 0.370 e. The predicted molar refractivity (Wildman–Crippen MR) is 92.2 cm³/mol. The van der Waals surface area contributed by atoms with Crippen LogP contribution in [0.2, 0.25) is 0 Å². The first-order valence-corrected chi connectivity index (χ1v) is 8.63. The minimum Gasteiger partial charge on any atom is -0.370 e. The average Bonchev–Trinajstić information content (AvgIpc) is 3.13. The molecule has 1 amide bonds. The molecule has 128 valence electrons. The van der Waals surface area contributed by atoms with Gasteiger partial charge in [0.15, 0.2) is 0 Å². The number of aromatic nitrogens is 3. The molecule has 2 heterocycles. The molecule has 0 spiro atoms. The third-order valence-electron chi connectivity index (χ3n) is 5.00. The molecular formula is C18H25N5O. The zero-order valence-corrected chi connectivity index (χ0v) is 13.9. The van der Waals surface area contributed by atoms with Crippen molar-refractivity contribution >= 4 is 5.91 Å². The van der Waals surface area contributed by atoms with E-state index in [-0.39, 0.29) is 11.8 Å². The van der Waals surface area contributed by atoms with Gasteiger partial charge in [-0.25, -0.2) is 0 Å². The van der Waals surface area contributed by atoms with E-state index in [1.807, 2.05) is 0 Å². The van der Waals surface area contributed by atoms with Crippen molar-refractivity contribution in [3.8, 4) is 0 Å². The van der Waals surface area contributed by atoms with Crippen LogP contribution in [0.5, 0.6) is 0 Å². The Morgan fingerprint density at radius 3 is 2.67 bits per heavy atom. The van der Waals surface area contributed by atoms with Crippen LogP contribution < -0.4 is 5.73 Å². The number of H-pyrrole nitrogens is 1. The highest BCUT2D eigenvalue weighted by atomic mass is 16.1. The number of carbonyl (C=O) groups excluding carboxylic acids is 1. The van der Waals surface area contributed by atoms with Crippen LogP contribution in [-0.2, 0) is 11.2 Å². The number of hydrogen-bond donors (Lipinski definition) is 2. The van der Waals surface area contributed by atoms with Crippen molar-refractivity contribution in [2.24, 2.45) is 11.7 Å². The van der Waals surface area contributed by atoms with E-state index in [1.165, 1.54) is 5.56 Å². The molecule has 1 aliphatic rings. The van der Waals surface area contributed by atoms with Crippen LogP contribution in [0.3, 0.4) is 0 Å². The van der Waals surface area contributed by atoms with Crippen molar-refractivity contribution in [1.82, 2.24) is 20.3 Å². The summed E-state index contributed by atoms with van der Waals surface area (Å²) in [5.41, 5.74) is 7.68. The molecule has 6 heteroatoms. The third kappa shape index (κ3) is 4.41. The number of aromatic amines is 1. The first kappa shape index (κ1) is 16.6. The average molecular weight is 327 g/mol. The number of piperidine rings is 1. The topological polar surface area (TPSA) is 87.9 Å². The van der Waals surface area contributed by atoms with Crippen LogP contribution >= 0.6 is 0 Å². The van der Waals surface area contributed by atoms with Gasteiger partial charge in [-0.1, -0.05) is 35.5 Å². The zero-order chi connectivity index (χ0) is 16.8. The van der Waals surface area contributed by atoms with E-state index >= 15 is 0 Å². The molecule has 0 bridgehead atoms. The lowest BCUT2D eigenvalue weighted by atomic mass is 9.80. The number of nitrogens with two attached hydrogens (primary N) is 1. The number of primary amides is 1. The quantitative estimate of drug-likeness (QED) is 0.810. The molecule has 0 aliphatic carbocycles. The smallest absolute Gasteiger partial charge is 0.218 e. The van der Waals surface area contributed by atoms with Crippen molar-refractivity contribution in [1.29, 1.82) is 0 Å². The Hall–Kier alpha value is -2.21. The van der Waals surface area contributed by atoms with E-state index < -0.39 is 0 Å². The van der Waals surface area contributed by atoms with Crippen LogP contribution in [0.15, 0.2) is 36.5 Å². The highest BCUT2D eigenvalue weighted by molar-refractivity contribution is 5.74. The van der Waals surface area contributed by atoms with Crippen molar-refractivity contribution in [3.63, 3.8) is 0 Å². The summed E-state index contributed by atoms with van der Waals surface area (Å²) in [5.74, 6) is 0.252. The monoisotopic (exact) mass is 327 g/mol. The molecule has 1 fully saturated rings. The first-order valence-electron chi connectivity index (χ1n) is 8.63. The van der Waals surface area contributed by atoms with Crippen molar-refractivity contribution < 1.29 is 4.79 Å². The lowest BCUT2D eigenvalue weighted by molar-refractivity contribution is -0.118. The van der Waals surface area contributed by atoms with Crippen LogP contribution in [-0.4, -0.2) is 45.9 Å². The number of likely N-dealkylation sites (tertiary alicyclic amines) is 1. The summed E-state index contributed by atoms with van der Waals surface area (Å²) in [5, 5.41) is 10.6. The second kappa shape index (κ2) is 8.06. The van der Waals surface area contributed by atoms with Crippen LogP contribution in [0.4, 0.5) is 0 Å². The molecule has 1 aromatic heterocycles. The van der Waals surface area contributed by atoms with Gasteiger partial charge in [0.1, 0.15) is 0 Å². The van der Waals surface area contributed by atoms with Crippen molar-refractivity contribution in [2.45, 2.75) is 31.6 Å². The summed E-state index contributed by atoms with van der Waals surface area (Å²) >= 11 is 0. The van der Waals surface area contributed by atoms with E-state index in [0.717, 1.165) is 44.6 Å². The summed E-state index contributed by atoms with van der Waals surface area (Å²) in [7, 11) is 0. The normalized spacial score (nSPS) is 17.7. The van der Waals surface area contributed by atoms with Crippen molar-refractivity contribution in [3.05, 3.63) is 47.8 Å². The Morgan fingerprint density at radius 2 is 2.04 bits per heavy atom. The maximum atomic E-state index is 11.4. The molecule has 1 aliphatic heterocycles. The summed E-state index contributed by atoms with van der Waals surface area (Å²) in [4.78, 5) is 13.9. The van der Waals surface area contributed by atoms with Gasteiger partial charge in [-0.3, -0.25) is 9.89 Å². The van der Waals surface area contributed by atoms with E-state index in [2.05, 4.69) is 50.6 Å².